The van der Waals surface area contributed by atoms with E-state index in [0.717, 1.165) is 12.8 Å². The second-order valence-electron chi connectivity index (χ2n) is 12.7. The fourth-order valence-electron chi connectivity index (χ4n) is 4.94. The van der Waals surface area contributed by atoms with Crippen molar-refractivity contribution in [3.63, 3.8) is 0 Å². The zero-order valence-corrected chi connectivity index (χ0v) is 34.1. The highest BCUT2D eigenvalue weighted by molar-refractivity contribution is 5.69. The van der Waals surface area contributed by atoms with Crippen LogP contribution in [0.2, 0.25) is 0 Å². The predicted molar refractivity (Wildman–Crippen MR) is 207 cm³/mol. The molecule has 0 saturated carbocycles. The van der Waals surface area contributed by atoms with Gasteiger partial charge in [-0.05, 0) is 6.42 Å². The fraction of sp³-hybridized carbons (Fsp3) is 0.975. The summed E-state index contributed by atoms with van der Waals surface area (Å²) >= 11 is 0. The molecule has 0 radical (unpaired) electrons. The molecule has 0 atom stereocenters. The molecule has 0 aliphatic heterocycles. The van der Waals surface area contributed by atoms with Crippen molar-refractivity contribution < 1.29 is 66.7 Å². The Labute approximate surface area is 327 Å². The van der Waals surface area contributed by atoms with Crippen molar-refractivity contribution in [2.24, 2.45) is 0 Å². The van der Waals surface area contributed by atoms with E-state index in [1.165, 1.54) is 70.6 Å². The van der Waals surface area contributed by atoms with Gasteiger partial charge >= 0.3 is 5.97 Å². The first kappa shape index (κ1) is 53.0. The van der Waals surface area contributed by atoms with E-state index in [-0.39, 0.29) is 19.2 Å². The van der Waals surface area contributed by atoms with Crippen LogP contribution < -0.4 is 0 Å². The Balaban J connectivity index is 3.12. The molecule has 0 aromatic carbocycles. The molecule has 324 valence electrons. The maximum atomic E-state index is 11.9. The van der Waals surface area contributed by atoms with Crippen molar-refractivity contribution >= 4 is 5.97 Å². The van der Waals surface area contributed by atoms with E-state index in [1.807, 2.05) is 0 Å². The normalized spacial score (nSPS) is 11.5. The highest BCUT2D eigenvalue weighted by Crippen LogP contribution is 2.13. The van der Waals surface area contributed by atoms with Gasteiger partial charge in [0.25, 0.3) is 0 Å². The Hall–Kier alpha value is -1.01. The summed E-state index contributed by atoms with van der Waals surface area (Å²) in [6, 6.07) is 0. The zero-order valence-electron chi connectivity index (χ0n) is 34.1. The number of ether oxygens (including phenoxy) is 12. The highest BCUT2D eigenvalue weighted by Gasteiger charge is 2.03. The van der Waals surface area contributed by atoms with E-state index in [4.69, 9.17) is 61.9 Å². The number of aliphatic hydroxyl groups is 1. The largest absolute Gasteiger partial charge is 0.463 e. The number of hydrogen-bond donors (Lipinski definition) is 1. The van der Waals surface area contributed by atoms with E-state index in [0.29, 0.717) is 152 Å². The van der Waals surface area contributed by atoms with Gasteiger partial charge in [0.1, 0.15) is 6.61 Å². The summed E-state index contributed by atoms with van der Waals surface area (Å²) in [5.74, 6) is -0.134. The third-order valence-corrected chi connectivity index (χ3v) is 7.93. The first-order chi connectivity index (χ1) is 26.8. The standard InChI is InChI=1S/C40H80O14/c1-2-3-4-5-6-7-8-9-10-11-12-13-14-15-40(42)54-39-38-53-37-36-52-35-34-51-33-32-50-31-30-49-29-28-48-27-26-47-25-24-46-23-22-45-21-20-44-19-18-43-17-16-41/h41H,2-39H2,1H3. The molecule has 0 spiro atoms. The quantitative estimate of drug-likeness (QED) is 0.0638. The van der Waals surface area contributed by atoms with Crippen LogP contribution in [0.4, 0.5) is 0 Å². The van der Waals surface area contributed by atoms with Crippen LogP contribution in [0.1, 0.15) is 96.8 Å². The Morgan fingerprint density at radius 1 is 0.315 bits per heavy atom. The molecular weight excluding hydrogens is 704 g/mol. The van der Waals surface area contributed by atoms with Crippen LogP contribution in [-0.2, 0) is 61.6 Å². The molecule has 0 heterocycles. The van der Waals surface area contributed by atoms with Gasteiger partial charge in [-0.25, -0.2) is 0 Å². The van der Waals surface area contributed by atoms with Gasteiger partial charge in [0.2, 0.25) is 0 Å². The second-order valence-corrected chi connectivity index (χ2v) is 12.7. The fourth-order valence-corrected chi connectivity index (χ4v) is 4.94. The minimum absolute atomic E-state index is 0.0231. The SMILES string of the molecule is CCCCCCCCCCCCCCCC(=O)OCCOCCOCCOCCOCCOCCOCCOCCOCCOCCOCCOCCO. The summed E-state index contributed by atoms with van der Waals surface area (Å²) in [5, 5.41) is 8.59. The summed E-state index contributed by atoms with van der Waals surface area (Å²) in [6.45, 7) is 13.1. The van der Waals surface area contributed by atoms with Gasteiger partial charge in [-0.1, -0.05) is 84.0 Å². The summed E-state index contributed by atoms with van der Waals surface area (Å²) in [5.41, 5.74) is 0. The van der Waals surface area contributed by atoms with Crippen molar-refractivity contribution in [2.75, 3.05) is 159 Å². The molecule has 0 unspecified atom stereocenters. The van der Waals surface area contributed by atoms with E-state index in [9.17, 15) is 4.79 Å². The molecule has 14 heteroatoms. The first-order valence-corrected chi connectivity index (χ1v) is 20.9. The van der Waals surface area contributed by atoms with Gasteiger partial charge in [0, 0.05) is 6.42 Å². The molecule has 0 rings (SSSR count). The molecule has 0 aromatic rings. The van der Waals surface area contributed by atoms with Crippen LogP contribution in [0.25, 0.3) is 0 Å². The molecule has 0 fully saturated rings. The monoisotopic (exact) mass is 785 g/mol. The van der Waals surface area contributed by atoms with E-state index in [1.54, 1.807) is 0 Å². The third kappa shape index (κ3) is 49.0. The number of hydrogen-bond acceptors (Lipinski definition) is 14. The maximum Gasteiger partial charge on any atom is 0.305 e. The van der Waals surface area contributed by atoms with Crippen LogP contribution in [0.3, 0.4) is 0 Å². The lowest BCUT2D eigenvalue weighted by Gasteiger charge is -2.09. The molecule has 14 nitrogen and oxygen atoms in total. The van der Waals surface area contributed by atoms with Crippen LogP contribution in [0.5, 0.6) is 0 Å². The Morgan fingerprint density at radius 2 is 0.537 bits per heavy atom. The van der Waals surface area contributed by atoms with Crippen molar-refractivity contribution in [3.8, 4) is 0 Å². The smallest absolute Gasteiger partial charge is 0.305 e. The predicted octanol–water partition coefficient (Wildman–Crippen LogP) is 5.19. The summed E-state index contributed by atoms with van der Waals surface area (Å²) < 4.78 is 64.9. The number of carbonyl (C=O) groups excluding carboxylic acids is 1. The highest BCUT2D eigenvalue weighted by atomic mass is 16.6. The average molecular weight is 785 g/mol. The molecule has 54 heavy (non-hydrogen) atoms. The topological polar surface area (TPSA) is 148 Å². The van der Waals surface area contributed by atoms with E-state index < -0.39 is 0 Å². The molecule has 0 amide bonds. The molecule has 0 saturated heterocycles. The van der Waals surface area contributed by atoms with Crippen molar-refractivity contribution in [1.29, 1.82) is 0 Å². The van der Waals surface area contributed by atoms with Crippen LogP contribution in [-0.4, -0.2) is 170 Å². The van der Waals surface area contributed by atoms with Gasteiger partial charge in [-0.15, -0.1) is 0 Å². The molecule has 0 aromatic heterocycles. The average Bonchev–Trinajstić information content (AvgIpc) is 3.18. The Bertz CT molecular complexity index is 691. The molecular formula is C40H80O14. The zero-order chi connectivity index (χ0) is 38.9. The van der Waals surface area contributed by atoms with Crippen molar-refractivity contribution in [2.45, 2.75) is 96.8 Å². The maximum absolute atomic E-state index is 11.9. The number of unbranched alkanes of at least 4 members (excludes halogenated alkanes) is 12. The number of esters is 1. The molecule has 0 bridgehead atoms. The van der Waals surface area contributed by atoms with Crippen LogP contribution >= 0.6 is 0 Å². The summed E-state index contributed by atoms with van der Waals surface area (Å²) in [6.07, 6.45) is 17.3. The van der Waals surface area contributed by atoms with E-state index >= 15 is 0 Å². The summed E-state index contributed by atoms with van der Waals surface area (Å²) in [7, 11) is 0. The Kier molecular flexibility index (Phi) is 49.1. The summed E-state index contributed by atoms with van der Waals surface area (Å²) in [4.78, 5) is 11.9. The lowest BCUT2D eigenvalue weighted by Crippen LogP contribution is -2.15. The molecule has 0 aliphatic carbocycles. The van der Waals surface area contributed by atoms with Gasteiger partial charge in [0.15, 0.2) is 0 Å². The van der Waals surface area contributed by atoms with Gasteiger partial charge in [-0.3, -0.25) is 4.79 Å². The first-order valence-electron chi connectivity index (χ1n) is 20.9. The minimum Gasteiger partial charge on any atom is -0.463 e. The van der Waals surface area contributed by atoms with Crippen molar-refractivity contribution in [1.82, 2.24) is 0 Å². The minimum atomic E-state index is -0.134. The second kappa shape index (κ2) is 50.0. The molecule has 1 N–H and O–H groups in total. The van der Waals surface area contributed by atoms with Gasteiger partial charge < -0.3 is 61.9 Å². The van der Waals surface area contributed by atoms with Crippen LogP contribution in [0, 0.1) is 0 Å². The van der Waals surface area contributed by atoms with Gasteiger partial charge in [-0.2, -0.15) is 0 Å². The lowest BCUT2D eigenvalue weighted by molar-refractivity contribution is -0.145. The number of aliphatic hydroxyl groups excluding tert-OH is 1. The van der Waals surface area contributed by atoms with Crippen molar-refractivity contribution in [3.05, 3.63) is 0 Å². The Morgan fingerprint density at radius 3 is 0.796 bits per heavy atom. The number of carbonyl (C=O) groups is 1. The van der Waals surface area contributed by atoms with Crippen LogP contribution in [0.15, 0.2) is 0 Å². The van der Waals surface area contributed by atoms with E-state index in [2.05, 4.69) is 6.92 Å². The number of rotatable bonds is 49. The lowest BCUT2D eigenvalue weighted by atomic mass is 10.0. The van der Waals surface area contributed by atoms with Gasteiger partial charge in [0.05, 0.1) is 152 Å². The molecule has 0 aliphatic rings. The third-order valence-electron chi connectivity index (χ3n) is 7.93.